The molecule has 19 heavy (non-hydrogen) atoms. The van der Waals surface area contributed by atoms with E-state index in [0.717, 1.165) is 27.7 Å². The predicted molar refractivity (Wildman–Crippen MR) is 73.5 cm³/mol. The van der Waals surface area contributed by atoms with Gasteiger partial charge < -0.3 is 5.11 Å². The summed E-state index contributed by atoms with van der Waals surface area (Å²) in [5.74, 6) is -0.943. The summed E-state index contributed by atoms with van der Waals surface area (Å²) in [7, 11) is 0. The maximum Gasteiger partial charge on any atom is 0.165 e. The van der Waals surface area contributed by atoms with Crippen LogP contribution in [0.3, 0.4) is 0 Å². The van der Waals surface area contributed by atoms with Crippen molar-refractivity contribution < 1.29 is 9.50 Å². The molecule has 1 aromatic heterocycles. The second-order valence-corrected chi connectivity index (χ2v) is 4.53. The summed E-state index contributed by atoms with van der Waals surface area (Å²) in [6.45, 7) is 1.95. The Hall–Kier alpha value is -2.42. The molecule has 0 unspecified atom stereocenters. The van der Waals surface area contributed by atoms with E-state index < -0.39 is 5.82 Å². The third-order valence-electron chi connectivity index (χ3n) is 3.11. The van der Waals surface area contributed by atoms with Crippen LogP contribution in [0.4, 0.5) is 4.39 Å². The van der Waals surface area contributed by atoms with Gasteiger partial charge in [0.25, 0.3) is 0 Å². The normalized spacial score (nSPS) is 10.8. The van der Waals surface area contributed by atoms with Gasteiger partial charge in [0, 0.05) is 11.1 Å². The smallest absolute Gasteiger partial charge is 0.165 e. The molecular formula is C16H12FNO. The molecule has 0 aliphatic carbocycles. The van der Waals surface area contributed by atoms with Crippen LogP contribution in [0.25, 0.3) is 22.0 Å². The van der Waals surface area contributed by atoms with Gasteiger partial charge in [0.1, 0.15) is 0 Å². The van der Waals surface area contributed by atoms with Crippen molar-refractivity contribution in [2.45, 2.75) is 6.92 Å². The summed E-state index contributed by atoms with van der Waals surface area (Å²) >= 11 is 0. The van der Waals surface area contributed by atoms with E-state index in [1.165, 1.54) is 12.1 Å². The van der Waals surface area contributed by atoms with Crippen molar-refractivity contribution in [3.8, 4) is 16.9 Å². The fourth-order valence-corrected chi connectivity index (χ4v) is 2.09. The summed E-state index contributed by atoms with van der Waals surface area (Å²) in [5.41, 5.74) is 3.52. The quantitative estimate of drug-likeness (QED) is 0.709. The van der Waals surface area contributed by atoms with Gasteiger partial charge in [-0.2, -0.15) is 0 Å². The number of hydrogen-bond acceptors (Lipinski definition) is 2. The fourth-order valence-electron chi connectivity index (χ4n) is 2.09. The number of nitrogens with zero attached hydrogens (tertiary/aromatic N) is 1. The molecule has 0 amide bonds. The molecule has 0 spiro atoms. The first kappa shape index (κ1) is 11.7. The molecule has 0 atom stereocenters. The van der Waals surface area contributed by atoms with Gasteiger partial charge in [0.05, 0.1) is 5.52 Å². The van der Waals surface area contributed by atoms with Crippen molar-refractivity contribution in [1.29, 1.82) is 0 Å². The summed E-state index contributed by atoms with van der Waals surface area (Å²) < 4.78 is 13.4. The number of pyridine rings is 1. The lowest BCUT2D eigenvalue weighted by Gasteiger charge is -2.05. The van der Waals surface area contributed by atoms with Crippen molar-refractivity contribution in [3.05, 3.63) is 60.0 Å². The molecule has 0 aliphatic rings. The fraction of sp³-hybridized carbons (Fsp3) is 0.0625. The van der Waals surface area contributed by atoms with Crippen molar-refractivity contribution in [2.75, 3.05) is 0 Å². The van der Waals surface area contributed by atoms with Crippen molar-refractivity contribution in [1.82, 2.24) is 4.98 Å². The highest BCUT2D eigenvalue weighted by atomic mass is 19.1. The summed E-state index contributed by atoms with van der Waals surface area (Å²) in [4.78, 5) is 4.43. The highest BCUT2D eigenvalue weighted by molar-refractivity contribution is 5.84. The van der Waals surface area contributed by atoms with Gasteiger partial charge in [-0.3, -0.25) is 4.98 Å². The van der Waals surface area contributed by atoms with Crippen LogP contribution in [0.2, 0.25) is 0 Å². The first-order valence-electron chi connectivity index (χ1n) is 6.00. The number of benzene rings is 2. The number of aromatic hydroxyl groups is 1. The average molecular weight is 253 g/mol. The summed E-state index contributed by atoms with van der Waals surface area (Å²) in [5, 5.41) is 10.2. The van der Waals surface area contributed by atoms with Crippen LogP contribution in [-0.4, -0.2) is 10.1 Å². The molecule has 2 aromatic carbocycles. The molecule has 3 aromatic rings. The second kappa shape index (κ2) is 4.35. The molecule has 0 saturated carbocycles. The van der Waals surface area contributed by atoms with Crippen molar-refractivity contribution >= 4 is 10.9 Å². The zero-order chi connectivity index (χ0) is 13.4. The lowest BCUT2D eigenvalue weighted by atomic mass is 10.0. The number of aromatic nitrogens is 1. The lowest BCUT2D eigenvalue weighted by Crippen LogP contribution is -1.85. The van der Waals surface area contributed by atoms with E-state index in [0.29, 0.717) is 0 Å². The monoisotopic (exact) mass is 253 g/mol. The van der Waals surface area contributed by atoms with Crippen LogP contribution in [0.15, 0.2) is 48.5 Å². The van der Waals surface area contributed by atoms with E-state index >= 15 is 0 Å². The second-order valence-electron chi connectivity index (χ2n) is 4.53. The first-order valence-corrected chi connectivity index (χ1v) is 6.00. The minimum Gasteiger partial charge on any atom is -0.505 e. The number of fused-ring (bicyclic) bond motifs is 1. The van der Waals surface area contributed by atoms with Gasteiger partial charge >= 0.3 is 0 Å². The number of phenolic OH excluding ortho intramolecular Hbond substituents is 1. The van der Waals surface area contributed by atoms with Gasteiger partial charge in [-0.15, -0.1) is 0 Å². The van der Waals surface area contributed by atoms with Gasteiger partial charge in [0.2, 0.25) is 0 Å². The summed E-state index contributed by atoms with van der Waals surface area (Å²) in [6.07, 6.45) is 0. The highest BCUT2D eigenvalue weighted by Gasteiger charge is 2.05. The Morgan fingerprint density at radius 1 is 0.947 bits per heavy atom. The topological polar surface area (TPSA) is 33.1 Å². The van der Waals surface area contributed by atoms with E-state index in [1.54, 1.807) is 6.07 Å². The minimum atomic E-state index is -0.611. The molecule has 94 valence electrons. The molecule has 2 nitrogen and oxygen atoms in total. The van der Waals surface area contributed by atoms with Gasteiger partial charge in [-0.05, 0) is 48.4 Å². The van der Waals surface area contributed by atoms with Gasteiger partial charge in [0.15, 0.2) is 11.6 Å². The van der Waals surface area contributed by atoms with Gasteiger partial charge in [-0.25, -0.2) is 4.39 Å². The largest absolute Gasteiger partial charge is 0.505 e. The number of halogens is 1. The number of phenols is 1. The standard InChI is InChI=1S/C16H12FNO/c1-10-2-3-13-8-11(4-6-15(13)18-10)12-5-7-16(19)14(17)9-12/h2-9,19H,1H3. The molecule has 3 rings (SSSR count). The van der Waals surface area contributed by atoms with Gasteiger partial charge in [-0.1, -0.05) is 18.2 Å². The molecule has 0 bridgehead atoms. The number of aryl methyl sites for hydroxylation is 1. The Morgan fingerprint density at radius 2 is 1.68 bits per heavy atom. The molecule has 3 heteroatoms. The molecule has 0 aliphatic heterocycles. The van der Waals surface area contributed by atoms with E-state index in [-0.39, 0.29) is 5.75 Å². The highest BCUT2D eigenvalue weighted by Crippen LogP contribution is 2.27. The van der Waals surface area contributed by atoms with E-state index in [1.807, 2.05) is 37.3 Å². The first-order chi connectivity index (χ1) is 9.13. The molecule has 0 radical (unpaired) electrons. The molecule has 0 saturated heterocycles. The maximum atomic E-state index is 13.4. The zero-order valence-corrected chi connectivity index (χ0v) is 10.4. The van der Waals surface area contributed by atoms with Crippen LogP contribution >= 0.6 is 0 Å². The third kappa shape index (κ3) is 2.15. The van der Waals surface area contributed by atoms with Crippen LogP contribution in [0.1, 0.15) is 5.69 Å². The number of rotatable bonds is 1. The SMILES string of the molecule is Cc1ccc2cc(-c3ccc(O)c(F)c3)ccc2n1. The Labute approximate surface area is 110 Å². The van der Waals surface area contributed by atoms with E-state index in [4.69, 9.17) is 0 Å². The molecule has 1 heterocycles. The molecular weight excluding hydrogens is 241 g/mol. The predicted octanol–water partition coefficient (Wildman–Crippen LogP) is 4.05. The minimum absolute atomic E-state index is 0.332. The van der Waals surface area contributed by atoms with Crippen molar-refractivity contribution in [3.63, 3.8) is 0 Å². The van der Waals surface area contributed by atoms with Crippen LogP contribution in [-0.2, 0) is 0 Å². The third-order valence-corrected chi connectivity index (χ3v) is 3.11. The molecule has 0 fully saturated rings. The van der Waals surface area contributed by atoms with Crippen LogP contribution in [0.5, 0.6) is 5.75 Å². The van der Waals surface area contributed by atoms with Crippen LogP contribution < -0.4 is 0 Å². The number of hydrogen-bond donors (Lipinski definition) is 1. The van der Waals surface area contributed by atoms with E-state index in [9.17, 15) is 9.50 Å². The zero-order valence-electron chi connectivity index (χ0n) is 10.4. The Morgan fingerprint density at radius 3 is 2.47 bits per heavy atom. The Kier molecular flexibility index (Phi) is 2.67. The van der Waals surface area contributed by atoms with Crippen LogP contribution in [0, 0.1) is 12.7 Å². The lowest BCUT2D eigenvalue weighted by molar-refractivity contribution is 0.432. The summed E-state index contributed by atoms with van der Waals surface area (Å²) in [6, 6.07) is 14.1. The van der Waals surface area contributed by atoms with E-state index in [2.05, 4.69) is 4.98 Å². The Bertz CT molecular complexity index is 768. The Balaban J connectivity index is 2.14. The molecule has 1 N–H and O–H groups in total. The maximum absolute atomic E-state index is 13.4. The average Bonchev–Trinajstić information content (AvgIpc) is 2.41. The van der Waals surface area contributed by atoms with Crippen molar-refractivity contribution in [2.24, 2.45) is 0 Å².